The molecule has 0 heterocycles. The van der Waals surface area contributed by atoms with Crippen molar-refractivity contribution in [3.63, 3.8) is 0 Å². The van der Waals surface area contributed by atoms with E-state index in [1.807, 2.05) is 0 Å². The average molecular weight is 405 g/mol. The molecule has 1 atom stereocenters. The van der Waals surface area contributed by atoms with Crippen molar-refractivity contribution >= 4 is 23.8 Å². The number of ketones is 1. The molecule has 1 aliphatic rings. The van der Waals surface area contributed by atoms with Gasteiger partial charge in [0, 0.05) is 19.9 Å². The molecule has 0 aliphatic heterocycles. The zero-order valence-corrected chi connectivity index (χ0v) is 16.5. The largest absolute Gasteiger partial charge is 0.481 e. The van der Waals surface area contributed by atoms with Gasteiger partial charge in [-0.05, 0) is 23.8 Å². The number of nitrogens with one attached hydrogen (secondary N) is 1. The van der Waals surface area contributed by atoms with Gasteiger partial charge in [-0.2, -0.15) is 0 Å². The lowest BCUT2D eigenvalue weighted by Crippen LogP contribution is -2.41. The van der Waals surface area contributed by atoms with Crippen molar-refractivity contribution in [2.75, 3.05) is 6.54 Å². The van der Waals surface area contributed by atoms with Crippen LogP contribution in [0.4, 0.5) is 4.79 Å². The van der Waals surface area contributed by atoms with Crippen LogP contribution in [0.5, 0.6) is 0 Å². The number of carbonyl (C=O) groups is 4. The van der Waals surface area contributed by atoms with Crippen LogP contribution in [-0.4, -0.2) is 41.8 Å². The summed E-state index contributed by atoms with van der Waals surface area (Å²) in [5.41, 5.74) is 0.186. The maximum atomic E-state index is 12.0. The molecule has 1 aromatic rings. The molecule has 0 radical (unpaired) electrons. The van der Waals surface area contributed by atoms with Gasteiger partial charge in [-0.1, -0.05) is 49.6 Å². The quantitative estimate of drug-likeness (QED) is 0.368. The number of carbonyl (C=O) groups excluding carboxylic acids is 3. The Morgan fingerprint density at radius 2 is 1.72 bits per heavy atom. The predicted molar refractivity (Wildman–Crippen MR) is 103 cm³/mol. The number of hydrogen-bond donors (Lipinski definition) is 2. The van der Waals surface area contributed by atoms with Crippen LogP contribution < -0.4 is 5.32 Å². The monoisotopic (exact) mass is 405 g/mol. The Balaban J connectivity index is 1.78. The number of aliphatic carboxylic acids is 1. The fourth-order valence-corrected chi connectivity index (χ4v) is 3.58. The molecule has 0 spiro atoms. The number of rotatable bonds is 9. The topological polar surface area (TPSA) is 119 Å². The van der Waals surface area contributed by atoms with Gasteiger partial charge in [0.25, 0.3) is 0 Å². The Labute approximate surface area is 169 Å². The molecule has 8 heteroatoms. The van der Waals surface area contributed by atoms with E-state index in [1.165, 1.54) is 6.92 Å². The van der Waals surface area contributed by atoms with Crippen molar-refractivity contribution in [3.8, 4) is 0 Å². The summed E-state index contributed by atoms with van der Waals surface area (Å²) in [6.07, 6.45) is 2.14. The molecule has 29 heavy (non-hydrogen) atoms. The highest BCUT2D eigenvalue weighted by Crippen LogP contribution is 2.38. The third-order valence-corrected chi connectivity index (χ3v) is 5.03. The molecule has 1 aromatic carbocycles. The van der Waals surface area contributed by atoms with E-state index in [4.69, 9.17) is 14.6 Å². The number of ether oxygens (including phenoxy) is 2. The highest BCUT2D eigenvalue weighted by Gasteiger charge is 2.35. The third-order valence-electron chi connectivity index (χ3n) is 5.03. The summed E-state index contributed by atoms with van der Waals surface area (Å²) in [7, 11) is 0. The molecule has 1 unspecified atom stereocenters. The second-order valence-corrected chi connectivity index (χ2v) is 7.45. The number of esters is 1. The number of Topliss-reactive ketones (excluding diaryl/α,β-unsaturated/α-hetero) is 1. The van der Waals surface area contributed by atoms with Crippen LogP contribution in [0.15, 0.2) is 30.3 Å². The van der Waals surface area contributed by atoms with Gasteiger partial charge in [-0.25, -0.2) is 9.59 Å². The molecular weight excluding hydrogens is 378 g/mol. The van der Waals surface area contributed by atoms with E-state index in [1.54, 1.807) is 30.3 Å². The standard InChI is InChI=1S/C21H27NO7/c1-15(28-19(26)17(23)12-16-8-4-2-5-9-16)29-20(27)22-14-21(13-18(24)25)10-6-3-7-11-21/h2,4-5,8-9,15H,3,6-7,10-14H2,1H3,(H,22,27)(H,24,25). The number of hydrogen-bond acceptors (Lipinski definition) is 6. The van der Waals surface area contributed by atoms with Crippen LogP contribution in [-0.2, 0) is 30.3 Å². The van der Waals surface area contributed by atoms with E-state index < -0.39 is 35.5 Å². The Kier molecular flexibility index (Phi) is 8.18. The molecule has 2 N–H and O–H groups in total. The van der Waals surface area contributed by atoms with Crippen molar-refractivity contribution < 1.29 is 33.8 Å². The van der Waals surface area contributed by atoms with Gasteiger partial charge in [-0.3, -0.25) is 9.59 Å². The summed E-state index contributed by atoms with van der Waals surface area (Å²) in [6, 6.07) is 8.75. The molecule has 158 valence electrons. The van der Waals surface area contributed by atoms with Gasteiger partial charge in [0.15, 0.2) is 0 Å². The van der Waals surface area contributed by atoms with Crippen molar-refractivity contribution in [3.05, 3.63) is 35.9 Å². The van der Waals surface area contributed by atoms with Crippen molar-refractivity contribution in [2.45, 2.75) is 58.2 Å². The SMILES string of the molecule is CC(OC(=O)NCC1(CC(=O)O)CCCCC1)OC(=O)C(=O)Cc1ccccc1. The zero-order valence-electron chi connectivity index (χ0n) is 16.5. The first-order valence-electron chi connectivity index (χ1n) is 9.74. The Bertz CT molecular complexity index is 726. The van der Waals surface area contributed by atoms with Crippen molar-refractivity contribution in [1.29, 1.82) is 0 Å². The minimum absolute atomic E-state index is 0.0220. The van der Waals surface area contributed by atoms with E-state index in [0.29, 0.717) is 5.56 Å². The number of carboxylic acid groups (broad SMARTS) is 1. The molecule has 1 aliphatic carbocycles. The summed E-state index contributed by atoms with van der Waals surface area (Å²) in [5.74, 6) is -2.72. The second kappa shape index (κ2) is 10.6. The van der Waals surface area contributed by atoms with Gasteiger partial charge in [0.1, 0.15) is 0 Å². The maximum Gasteiger partial charge on any atom is 0.410 e. The Hall–Kier alpha value is -2.90. The van der Waals surface area contributed by atoms with Crippen LogP contribution in [0, 0.1) is 5.41 Å². The molecule has 0 saturated heterocycles. The Morgan fingerprint density at radius 3 is 2.34 bits per heavy atom. The summed E-state index contributed by atoms with van der Waals surface area (Å²) < 4.78 is 9.84. The van der Waals surface area contributed by atoms with Gasteiger partial charge >= 0.3 is 18.0 Å². The summed E-state index contributed by atoms with van der Waals surface area (Å²) >= 11 is 0. The maximum absolute atomic E-state index is 12.0. The summed E-state index contributed by atoms with van der Waals surface area (Å²) in [6.45, 7) is 1.51. The highest BCUT2D eigenvalue weighted by molar-refractivity contribution is 6.34. The average Bonchev–Trinajstić information content (AvgIpc) is 2.67. The van der Waals surface area contributed by atoms with Crippen LogP contribution in [0.25, 0.3) is 0 Å². The second-order valence-electron chi connectivity index (χ2n) is 7.45. The molecule has 1 fully saturated rings. The molecule has 2 rings (SSSR count). The van der Waals surface area contributed by atoms with Crippen molar-refractivity contribution in [1.82, 2.24) is 5.32 Å². The van der Waals surface area contributed by atoms with Gasteiger partial charge < -0.3 is 19.9 Å². The highest BCUT2D eigenvalue weighted by atomic mass is 16.7. The third kappa shape index (κ3) is 7.56. The summed E-state index contributed by atoms with van der Waals surface area (Å²) in [5, 5.41) is 11.7. The molecule has 1 saturated carbocycles. The fraction of sp³-hybridized carbons (Fsp3) is 0.524. The molecular formula is C21H27NO7. The minimum Gasteiger partial charge on any atom is -0.481 e. The van der Waals surface area contributed by atoms with Crippen LogP contribution >= 0.6 is 0 Å². The first kappa shape index (κ1) is 22.4. The summed E-state index contributed by atoms with van der Waals surface area (Å²) in [4.78, 5) is 47.0. The number of amides is 1. The lowest BCUT2D eigenvalue weighted by molar-refractivity contribution is -0.170. The number of alkyl carbamates (subject to hydrolysis) is 1. The van der Waals surface area contributed by atoms with Crippen LogP contribution in [0.2, 0.25) is 0 Å². The first-order valence-corrected chi connectivity index (χ1v) is 9.74. The normalized spacial score (nSPS) is 16.3. The lowest BCUT2D eigenvalue weighted by atomic mass is 9.72. The minimum atomic E-state index is -1.25. The Morgan fingerprint density at radius 1 is 1.07 bits per heavy atom. The lowest BCUT2D eigenvalue weighted by Gasteiger charge is -2.36. The van der Waals surface area contributed by atoms with Crippen molar-refractivity contribution in [2.24, 2.45) is 5.41 Å². The van der Waals surface area contributed by atoms with Gasteiger partial charge in [0.05, 0.1) is 6.42 Å². The van der Waals surface area contributed by atoms with E-state index in [2.05, 4.69) is 5.32 Å². The fourth-order valence-electron chi connectivity index (χ4n) is 3.58. The van der Waals surface area contributed by atoms with E-state index in [-0.39, 0.29) is 19.4 Å². The predicted octanol–water partition coefficient (Wildman–Crippen LogP) is 2.84. The number of benzene rings is 1. The first-order chi connectivity index (χ1) is 13.8. The molecule has 0 bridgehead atoms. The molecule has 1 amide bonds. The van der Waals surface area contributed by atoms with E-state index in [9.17, 15) is 19.2 Å². The van der Waals surface area contributed by atoms with Crippen LogP contribution in [0.1, 0.15) is 51.0 Å². The van der Waals surface area contributed by atoms with Gasteiger partial charge in [-0.15, -0.1) is 0 Å². The smallest absolute Gasteiger partial charge is 0.410 e. The van der Waals surface area contributed by atoms with E-state index >= 15 is 0 Å². The molecule has 8 nitrogen and oxygen atoms in total. The van der Waals surface area contributed by atoms with E-state index in [0.717, 1.165) is 32.1 Å². The van der Waals surface area contributed by atoms with Gasteiger partial charge in [0.2, 0.25) is 12.1 Å². The molecule has 0 aromatic heterocycles. The number of carboxylic acids is 1. The zero-order chi connectivity index (χ0) is 21.3. The van der Waals surface area contributed by atoms with Crippen LogP contribution in [0.3, 0.4) is 0 Å².